The van der Waals surface area contributed by atoms with E-state index in [-0.39, 0.29) is 12.0 Å². The summed E-state index contributed by atoms with van der Waals surface area (Å²) in [5, 5.41) is 3.54. The number of rotatable bonds is 1. The van der Waals surface area contributed by atoms with E-state index in [4.69, 9.17) is 4.74 Å². The van der Waals surface area contributed by atoms with Crippen LogP contribution in [0.3, 0.4) is 0 Å². The van der Waals surface area contributed by atoms with Gasteiger partial charge in [0.1, 0.15) is 5.75 Å². The molecule has 3 heterocycles. The molecule has 0 aliphatic carbocycles. The molecule has 0 spiro atoms. The summed E-state index contributed by atoms with van der Waals surface area (Å²) in [7, 11) is 0. The van der Waals surface area contributed by atoms with E-state index in [0.717, 1.165) is 30.9 Å². The van der Waals surface area contributed by atoms with Crippen LogP contribution in [-0.2, 0) is 11.2 Å². The van der Waals surface area contributed by atoms with E-state index in [2.05, 4.69) is 5.32 Å². The third-order valence-electron chi connectivity index (χ3n) is 4.83. The van der Waals surface area contributed by atoms with Crippen molar-refractivity contribution in [3.05, 3.63) is 29.8 Å². The first-order valence-corrected chi connectivity index (χ1v) is 7.58. The predicted octanol–water partition coefficient (Wildman–Crippen LogP) is 1.20. The molecule has 0 bridgehead atoms. The molecule has 4 heteroatoms. The van der Waals surface area contributed by atoms with Gasteiger partial charge in [-0.05, 0) is 36.9 Å². The minimum atomic E-state index is -0.312. The summed E-state index contributed by atoms with van der Waals surface area (Å²) in [6.07, 6.45) is 2.88. The van der Waals surface area contributed by atoms with Gasteiger partial charge in [0, 0.05) is 25.6 Å². The van der Waals surface area contributed by atoms with Gasteiger partial charge in [0.15, 0.2) is 6.10 Å². The molecule has 106 valence electrons. The topological polar surface area (TPSA) is 41.6 Å². The molecule has 3 atom stereocenters. The van der Waals surface area contributed by atoms with Crippen LogP contribution in [0.25, 0.3) is 0 Å². The molecular formula is C16H20N2O2. The van der Waals surface area contributed by atoms with Crippen LogP contribution in [0, 0.1) is 5.92 Å². The number of nitrogens with zero attached hydrogens (tertiary/aromatic N) is 1. The summed E-state index contributed by atoms with van der Waals surface area (Å²) in [6.45, 7) is 2.83. The smallest absolute Gasteiger partial charge is 0.264 e. The highest BCUT2D eigenvalue weighted by atomic mass is 16.5. The van der Waals surface area contributed by atoms with E-state index in [1.54, 1.807) is 0 Å². The van der Waals surface area contributed by atoms with E-state index in [1.807, 2.05) is 29.2 Å². The monoisotopic (exact) mass is 272 g/mol. The lowest BCUT2D eigenvalue weighted by Gasteiger charge is -2.24. The fourth-order valence-electron chi connectivity index (χ4n) is 3.75. The number of fused-ring (bicyclic) bond motifs is 2. The number of carbonyl (C=O) groups is 1. The van der Waals surface area contributed by atoms with E-state index in [1.165, 1.54) is 12.8 Å². The molecule has 1 aromatic carbocycles. The third kappa shape index (κ3) is 1.99. The first kappa shape index (κ1) is 12.2. The van der Waals surface area contributed by atoms with Gasteiger partial charge in [0.25, 0.3) is 5.91 Å². The van der Waals surface area contributed by atoms with E-state index in [9.17, 15) is 4.79 Å². The summed E-state index contributed by atoms with van der Waals surface area (Å²) in [5.74, 6) is 1.68. The molecule has 3 unspecified atom stereocenters. The molecule has 2 fully saturated rings. The molecule has 1 amide bonds. The van der Waals surface area contributed by atoms with Crippen molar-refractivity contribution < 1.29 is 9.53 Å². The van der Waals surface area contributed by atoms with E-state index in [0.29, 0.717) is 18.4 Å². The number of piperidine rings is 1. The maximum absolute atomic E-state index is 12.6. The lowest BCUT2D eigenvalue weighted by molar-refractivity contribution is -0.137. The summed E-state index contributed by atoms with van der Waals surface area (Å²) in [6, 6.07) is 8.46. The van der Waals surface area contributed by atoms with Crippen LogP contribution in [0.2, 0.25) is 0 Å². The van der Waals surface area contributed by atoms with Gasteiger partial charge < -0.3 is 15.0 Å². The van der Waals surface area contributed by atoms with Crippen LogP contribution >= 0.6 is 0 Å². The lowest BCUT2D eigenvalue weighted by atomic mass is 9.94. The Morgan fingerprint density at radius 3 is 3.05 bits per heavy atom. The molecule has 20 heavy (non-hydrogen) atoms. The van der Waals surface area contributed by atoms with Crippen LogP contribution in [0.4, 0.5) is 0 Å². The normalized spacial score (nSPS) is 31.6. The number of amides is 1. The largest absolute Gasteiger partial charge is 0.480 e. The zero-order valence-corrected chi connectivity index (χ0v) is 11.5. The van der Waals surface area contributed by atoms with Crippen LogP contribution in [0.5, 0.6) is 5.75 Å². The van der Waals surface area contributed by atoms with Crippen molar-refractivity contribution in [1.29, 1.82) is 0 Å². The Morgan fingerprint density at radius 1 is 1.30 bits per heavy atom. The Balaban J connectivity index is 1.44. The standard InChI is InChI=1S/C16H20N2O2/c19-16(15-8-11-4-1-2-6-14(11)20-15)18-9-12-5-3-7-17-13(12)10-18/h1-2,4,6,12-13,15,17H,3,5,7-10H2. The minimum absolute atomic E-state index is 0.164. The van der Waals surface area contributed by atoms with Crippen molar-refractivity contribution in [1.82, 2.24) is 10.2 Å². The highest BCUT2D eigenvalue weighted by molar-refractivity contribution is 5.83. The number of hydrogen-bond acceptors (Lipinski definition) is 3. The number of para-hydroxylation sites is 1. The second-order valence-electron chi connectivity index (χ2n) is 6.12. The van der Waals surface area contributed by atoms with Gasteiger partial charge in [0.05, 0.1) is 0 Å². The van der Waals surface area contributed by atoms with Crippen molar-refractivity contribution >= 4 is 5.91 Å². The van der Waals surface area contributed by atoms with Gasteiger partial charge in [-0.1, -0.05) is 18.2 Å². The first-order valence-electron chi connectivity index (χ1n) is 7.58. The SMILES string of the molecule is O=C(C1Cc2ccccc2O1)N1CC2CCCNC2C1. The van der Waals surface area contributed by atoms with Gasteiger partial charge in [0.2, 0.25) is 0 Å². The summed E-state index contributed by atoms with van der Waals surface area (Å²) < 4.78 is 5.82. The Labute approximate surface area is 119 Å². The average molecular weight is 272 g/mol. The quantitative estimate of drug-likeness (QED) is 0.835. The molecule has 1 N–H and O–H groups in total. The summed E-state index contributed by atoms with van der Waals surface area (Å²) in [4.78, 5) is 14.6. The maximum atomic E-state index is 12.6. The number of benzene rings is 1. The van der Waals surface area contributed by atoms with Crippen LogP contribution in [0.1, 0.15) is 18.4 Å². The molecule has 0 radical (unpaired) electrons. The third-order valence-corrected chi connectivity index (χ3v) is 4.83. The number of ether oxygens (including phenoxy) is 1. The molecule has 4 rings (SSSR count). The highest BCUT2D eigenvalue weighted by Crippen LogP contribution is 2.31. The second kappa shape index (κ2) is 4.77. The van der Waals surface area contributed by atoms with Crippen molar-refractivity contribution in [3.8, 4) is 5.75 Å². The van der Waals surface area contributed by atoms with Gasteiger partial charge in [-0.2, -0.15) is 0 Å². The molecular weight excluding hydrogens is 252 g/mol. The highest BCUT2D eigenvalue weighted by Gasteiger charge is 2.40. The zero-order chi connectivity index (χ0) is 13.5. The maximum Gasteiger partial charge on any atom is 0.264 e. The Bertz CT molecular complexity index is 492. The molecule has 1 aromatic rings. The minimum Gasteiger partial charge on any atom is -0.480 e. The molecule has 0 saturated carbocycles. The Hall–Kier alpha value is -1.55. The van der Waals surface area contributed by atoms with E-state index < -0.39 is 0 Å². The predicted molar refractivity (Wildman–Crippen MR) is 75.7 cm³/mol. The van der Waals surface area contributed by atoms with Crippen molar-refractivity contribution in [2.24, 2.45) is 5.92 Å². The van der Waals surface area contributed by atoms with E-state index >= 15 is 0 Å². The zero-order valence-electron chi connectivity index (χ0n) is 11.5. The summed E-state index contributed by atoms with van der Waals surface area (Å²) in [5.41, 5.74) is 1.15. The Morgan fingerprint density at radius 2 is 2.20 bits per heavy atom. The number of nitrogens with one attached hydrogen (secondary N) is 1. The van der Waals surface area contributed by atoms with Crippen LogP contribution < -0.4 is 10.1 Å². The van der Waals surface area contributed by atoms with Crippen molar-refractivity contribution in [3.63, 3.8) is 0 Å². The number of carbonyl (C=O) groups excluding carboxylic acids is 1. The van der Waals surface area contributed by atoms with Crippen molar-refractivity contribution in [2.45, 2.75) is 31.4 Å². The first-order chi connectivity index (χ1) is 9.81. The molecule has 3 aliphatic rings. The molecule has 2 saturated heterocycles. The van der Waals surface area contributed by atoms with Gasteiger partial charge in [-0.3, -0.25) is 4.79 Å². The lowest BCUT2D eigenvalue weighted by Crippen LogP contribution is -2.43. The molecule has 4 nitrogen and oxygen atoms in total. The summed E-state index contributed by atoms with van der Waals surface area (Å²) >= 11 is 0. The molecule has 0 aromatic heterocycles. The fraction of sp³-hybridized carbons (Fsp3) is 0.562. The fourth-order valence-corrected chi connectivity index (χ4v) is 3.75. The Kier molecular flexibility index (Phi) is 2.91. The second-order valence-corrected chi connectivity index (χ2v) is 6.12. The van der Waals surface area contributed by atoms with Gasteiger partial charge in [-0.25, -0.2) is 0 Å². The van der Waals surface area contributed by atoms with Gasteiger partial charge in [-0.15, -0.1) is 0 Å². The van der Waals surface area contributed by atoms with Crippen LogP contribution in [0.15, 0.2) is 24.3 Å². The number of hydrogen-bond donors (Lipinski definition) is 1. The average Bonchev–Trinajstić information content (AvgIpc) is 3.10. The van der Waals surface area contributed by atoms with Crippen LogP contribution in [-0.4, -0.2) is 42.6 Å². The molecule has 3 aliphatic heterocycles. The number of likely N-dealkylation sites (tertiary alicyclic amines) is 1. The van der Waals surface area contributed by atoms with Crippen molar-refractivity contribution in [2.75, 3.05) is 19.6 Å². The van der Waals surface area contributed by atoms with Gasteiger partial charge >= 0.3 is 0 Å².